The van der Waals surface area contributed by atoms with Crippen LogP contribution in [0.3, 0.4) is 0 Å². The first-order valence-corrected chi connectivity index (χ1v) is 4.21. The number of ether oxygens (including phenoxy) is 1. The van der Waals surface area contributed by atoms with E-state index in [0.717, 1.165) is 6.07 Å². The van der Waals surface area contributed by atoms with Crippen molar-refractivity contribution in [3.8, 4) is 0 Å². The molecular formula is C10H10FNO3. The minimum atomic E-state index is -0.770. The summed E-state index contributed by atoms with van der Waals surface area (Å²) >= 11 is 0. The number of ketones is 1. The average Bonchev–Trinajstić information content (AvgIpc) is 2.26. The molecule has 0 aromatic heterocycles. The molecule has 80 valence electrons. The Kier molecular flexibility index (Phi) is 3.51. The molecule has 0 saturated heterocycles. The molecule has 0 bridgehead atoms. The number of hydrogen-bond acceptors (Lipinski definition) is 4. The molecular weight excluding hydrogens is 201 g/mol. The lowest BCUT2D eigenvalue weighted by Gasteiger charge is -2.02. The molecule has 0 radical (unpaired) electrons. The van der Waals surface area contributed by atoms with E-state index < -0.39 is 17.6 Å². The van der Waals surface area contributed by atoms with Gasteiger partial charge in [0.1, 0.15) is 5.82 Å². The zero-order valence-electron chi connectivity index (χ0n) is 8.12. The first kappa shape index (κ1) is 11.3. The Morgan fingerprint density at radius 1 is 1.47 bits per heavy atom. The van der Waals surface area contributed by atoms with Gasteiger partial charge in [0.05, 0.1) is 24.8 Å². The van der Waals surface area contributed by atoms with Crippen LogP contribution in [0.1, 0.15) is 20.7 Å². The smallest absolute Gasteiger partial charge is 0.337 e. The summed E-state index contributed by atoms with van der Waals surface area (Å²) in [5.41, 5.74) is 5.03. The number of methoxy groups -OCH3 is 1. The molecule has 0 aliphatic carbocycles. The molecule has 0 aliphatic heterocycles. The van der Waals surface area contributed by atoms with E-state index in [1.807, 2.05) is 0 Å². The SMILES string of the molecule is COC(=O)c1ccc(C(=O)CN)c(F)c1. The van der Waals surface area contributed by atoms with Gasteiger partial charge in [-0.25, -0.2) is 9.18 Å². The molecule has 5 heteroatoms. The van der Waals surface area contributed by atoms with Crippen molar-refractivity contribution in [3.63, 3.8) is 0 Å². The van der Waals surface area contributed by atoms with Gasteiger partial charge in [-0.05, 0) is 18.2 Å². The van der Waals surface area contributed by atoms with Gasteiger partial charge in [0.15, 0.2) is 5.78 Å². The van der Waals surface area contributed by atoms with Crippen LogP contribution in [0.2, 0.25) is 0 Å². The number of benzene rings is 1. The fourth-order valence-electron chi connectivity index (χ4n) is 1.10. The molecule has 0 heterocycles. The molecule has 15 heavy (non-hydrogen) atoms. The molecule has 1 rings (SSSR count). The second kappa shape index (κ2) is 4.65. The highest BCUT2D eigenvalue weighted by atomic mass is 19.1. The van der Waals surface area contributed by atoms with E-state index in [9.17, 15) is 14.0 Å². The minimum absolute atomic E-state index is 0.0589. The Morgan fingerprint density at radius 3 is 2.60 bits per heavy atom. The van der Waals surface area contributed by atoms with Crippen LogP contribution in [-0.4, -0.2) is 25.4 Å². The van der Waals surface area contributed by atoms with Crippen molar-refractivity contribution in [1.29, 1.82) is 0 Å². The van der Waals surface area contributed by atoms with Gasteiger partial charge in [0.25, 0.3) is 0 Å². The van der Waals surface area contributed by atoms with E-state index in [4.69, 9.17) is 5.73 Å². The summed E-state index contributed by atoms with van der Waals surface area (Å²) < 4.78 is 17.7. The molecule has 2 N–H and O–H groups in total. The zero-order chi connectivity index (χ0) is 11.4. The summed E-state index contributed by atoms with van der Waals surface area (Å²) in [5, 5.41) is 0. The van der Waals surface area contributed by atoms with E-state index in [-0.39, 0.29) is 17.7 Å². The number of nitrogens with two attached hydrogens (primary N) is 1. The molecule has 0 fully saturated rings. The maximum Gasteiger partial charge on any atom is 0.337 e. The van der Waals surface area contributed by atoms with E-state index in [1.165, 1.54) is 19.2 Å². The van der Waals surface area contributed by atoms with E-state index >= 15 is 0 Å². The Balaban J connectivity index is 3.08. The summed E-state index contributed by atoms with van der Waals surface area (Å²) in [6.07, 6.45) is 0. The van der Waals surface area contributed by atoms with Crippen molar-refractivity contribution in [2.24, 2.45) is 5.73 Å². The normalized spacial score (nSPS) is 9.80. The van der Waals surface area contributed by atoms with Crippen molar-refractivity contribution in [2.45, 2.75) is 0 Å². The molecule has 0 saturated carbocycles. The third-order valence-corrected chi connectivity index (χ3v) is 1.88. The Labute approximate surface area is 85.8 Å². The first-order chi connectivity index (χ1) is 7.10. The van der Waals surface area contributed by atoms with Crippen LogP contribution in [0.15, 0.2) is 18.2 Å². The summed E-state index contributed by atoms with van der Waals surface area (Å²) in [6.45, 7) is -0.269. The van der Waals surface area contributed by atoms with Crippen LogP contribution in [0.4, 0.5) is 4.39 Å². The maximum absolute atomic E-state index is 13.3. The average molecular weight is 211 g/mol. The number of carbonyl (C=O) groups excluding carboxylic acids is 2. The van der Waals surface area contributed by atoms with Crippen LogP contribution in [0, 0.1) is 5.82 Å². The molecule has 4 nitrogen and oxygen atoms in total. The highest BCUT2D eigenvalue weighted by Gasteiger charge is 2.13. The van der Waals surface area contributed by atoms with Crippen molar-refractivity contribution in [2.75, 3.05) is 13.7 Å². The minimum Gasteiger partial charge on any atom is -0.465 e. The monoisotopic (exact) mass is 211 g/mol. The maximum atomic E-state index is 13.3. The van der Waals surface area contributed by atoms with Crippen LogP contribution in [0.25, 0.3) is 0 Å². The van der Waals surface area contributed by atoms with Gasteiger partial charge in [-0.3, -0.25) is 4.79 Å². The standard InChI is InChI=1S/C10H10FNO3/c1-15-10(14)6-2-3-7(8(11)4-6)9(13)5-12/h2-4H,5,12H2,1H3. The van der Waals surface area contributed by atoms with Crippen molar-refractivity contribution >= 4 is 11.8 Å². The number of Topliss-reactive ketones (excluding diaryl/α,β-unsaturated/α-hetero) is 1. The van der Waals surface area contributed by atoms with Gasteiger partial charge < -0.3 is 10.5 Å². The van der Waals surface area contributed by atoms with Gasteiger partial charge in [-0.1, -0.05) is 0 Å². The second-order valence-electron chi connectivity index (χ2n) is 2.81. The van der Waals surface area contributed by atoms with Crippen LogP contribution >= 0.6 is 0 Å². The predicted molar refractivity (Wildman–Crippen MR) is 51.1 cm³/mol. The molecule has 0 amide bonds. The van der Waals surface area contributed by atoms with Gasteiger partial charge in [-0.2, -0.15) is 0 Å². The third kappa shape index (κ3) is 2.38. The Bertz CT molecular complexity index is 404. The quantitative estimate of drug-likeness (QED) is 0.591. The van der Waals surface area contributed by atoms with Crippen molar-refractivity contribution in [3.05, 3.63) is 35.1 Å². The second-order valence-corrected chi connectivity index (χ2v) is 2.81. The summed E-state index contributed by atoms with van der Waals surface area (Å²) in [6, 6.07) is 3.49. The van der Waals surface area contributed by atoms with Crippen LogP contribution in [0.5, 0.6) is 0 Å². The summed E-state index contributed by atoms with van der Waals surface area (Å²) in [4.78, 5) is 22.1. The highest BCUT2D eigenvalue weighted by Crippen LogP contribution is 2.11. The molecule has 0 aliphatic rings. The Hall–Kier alpha value is -1.75. The topological polar surface area (TPSA) is 69.4 Å². The van der Waals surface area contributed by atoms with Gasteiger partial charge >= 0.3 is 5.97 Å². The van der Waals surface area contributed by atoms with E-state index in [1.54, 1.807) is 0 Å². The lowest BCUT2D eigenvalue weighted by molar-refractivity contribution is 0.0599. The molecule has 0 spiro atoms. The number of rotatable bonds is 3. The molecule has 0 atom stereocenters. The molecule has 1 aromatic rings. The Morgan fingerprint density at radius 2 is 2.13 bits per heavy atom. The number of halogens is 1. The summed E-state index contributed by atoms with van der Waals surface area (Å²) in [5.74, 6) is -1.93. The van der Waals surface area contributed by atoms with Gasteiger partial charge in [0.2, 0.25) is 0 Å². The van der Waals surface area contributed by atoms with E-state index in [2.05, 4.69) is 4.74 Å². The lowest BCUT2D eigenvalue weighted by Crippen LogP contribution is -2.15. The van der Waals surface area contributed by atoms with Gasteiger partial charge in [0, 0.05) is 0 Å². The van der Waals surface area contributed by atoms with Crippen LogP contribution < -0.4 is 5.73 Å². The van der Waals surface area contributed by atoms with Crippen molar-refractivity contribution in [1.82, 2.24) is 0 Å². The largest absolute Gasteiger partial charge is 0.465 e. The number of esters is 1. The molecule has 0 unspecified atom stereocenters. The van der Waals surface area contributed by atoms with Crippen molar-refractivity contribution < 1.29 is 18.7 Å². The fraction of sp³-hybridized carbons (Fsp3) is 0.200. The third-order valence-electron chi connectivity index (χ3n) is 1.88. The van der Waals surface area contributed by atoms with Gasteiger partial charge in [-0.15, -0.1) is 0 Å². The molecule has 1 aromatic carbocycles. The predicted octanol–water partition coefficient (Wildman–Crippen LogP) is 0.754. The first-order valence-electron chi connectivity index (χ1n) is 4.21. The number of carbonyl (C=O) groups is 2. The lowest BCUT2D eigenvalue weighted by atomic mass is 10.1. The fourth-order valence-corrected chi connectivity index (χ4v) is 1.10. The highest BCUT2D eigenvalue weighted by molar-refractivity contribution is 5.99. The zero-order valence-corrected chi connectivity index (χ0v) is 8.12. The van der Waals surface area contributed by atoms with Crippen LogP contribution in [-0.2, 0) is 4.74 Å². The summed E-state index contributed by atoms with van der Waals surface area (Å²) in [7, 11) is 1.19. The number of hydrogen-bond donors (Lipinski definition) is 1. The van der Waals surface area contributed by atoms with E-state index in [0.29, 0.717) is 0 Å².